The molecule has 6 nitrogen and oxygen atoms in total. The van der Waals surface area contributed by atoms with Crippen molar-refractivity contribution in [1.29, 1.82) is 0 Å². The number of carboxylic acid groups (broad SMARTS) is 1. The van der Waals surface area contributed by atoms with E-state index in [0.717, 1.165) is 5.56 Å². The second-order valence-electron chi connectivity index (χ2n) is 4.37. The topological polar surface area (TPSA) is 74.2 Å². The van der Waals surface area contributed by atoms with Crippen LogP contribution in [0.15, 0.2) is 18.2 Å². The Hall–Kier alpha value is -1.63. The second kappa shape index (κ2) is 10.1. The Bertz CT molecular complexity index is 432. The first-order valence-electron chi connectivity index (χ1n) is 6.76. The average Bonchev–Trinajstić information content (AvgIpc) is 2.45. The van der Waals surface area contributed by atoms with E-state index in [-0.39, 0.29) is 5.56 Å². The molecule has 0 saturated heterocycles. The SMILES string of the molecule is COCCOCCOCCOc1cc(C)ccc1C(=O)O. The number of aromatic carboxylic acids is 1. The minimum Gasteiger partial charge on any atom is -0.490 e. The highest BCUT2D eigenvalue weighted by molar-refractivity contribution is 5.90. The number of carbonyl (C=O) groups is 1. The van der Waals surface area contributed by atoms with Gasteiger partial charge in [0, 0.05) is 7.11 Å². The summed E-state index contributed by atoms with van der Waals surface area (Å²) >= 11 is 0. The zero-order chi connectivity index (χ0) is 15.5. The number of ether oxygens (including phenoxy) is 4. The molecule has 1 rings (SSSR count). The van der Waals surface area contributed by atoms with Crippen molar-refractivity contribution in [3.63, 3.8) is 0 Å². The monoisotopic (exact) mass is 298 g/mol. The molecule has 0 radical (unpaired) electrons. The highest BCUT2D eigenvalue weighted by atomic mass is 16.6. The van der Waals surface area contributed by atoms with Gasteiger partial charge in [0.2, 0.25) is 0 Å². The molecule has 0 unspecified atom stereocenters. The molecule has 0 aliphatic carbocycles. The lowest BCUT2D eigenvalue weighted by Crippen LogP contribution is -2.13. The van der Waals surface area contributed by atoms with E-state index in [1.807, 2.05) is 6.92 Å². The molecule has 0 aromatic heterocycles. The predicted octanol–water partition coefficient (Wildman–Crippen LogP) is 1.75. The number of benzene rings is 1. The molecular weight excluding hydrogens is 276 g/mol. The van der Waals surface area contributed by atoms with Crippen molar-refractivity contribution in [1.82, 2.24) is 0 Å². The number of methoxy groups -OCH3 is 1. The molecule has 0 fully saturated rings. The molecular formula is C15H22O6. The molecule has 0 aliphatic rings. The standard InChI is InChI=1S/C15H22O6/c1-12-3-4-13(15(16)17)14(11-12)21-10-9-20-8-7-19-6-5-18-2/h3-4,11H,5-10H2,1-2H3,(H,16,17). The van der Waals surface area contributed by atoms with Gasteiger partial charge >= 0.3 is 5.97 Å². The van der Waals surface area contributed by atoms with Gasteiger partial charge in [-0.1, -0.05) is 6.07 Å². The zero-order valence-electron chi connectivity index (χ0n) is 12.5. The van der Waals surface area contributed by atoms with Gasteiger partial charge in [-0.3, -0.25) is 0 Å². The molecule has 0 bridgehead atoms. The van der Waals surface area contributed by atoms with Gasteiger partial charge < -0.3 is 24.1 Å². The Morgan fingerprint density at radius 2 is 1.67 bits per heavy atom. The highest BCUT2D eigenvalue weighted by Crippen LogP contribution is 2.20. The Kier molecular flexibility index (Phi) is 8.42. The van der Waals surface area contributed by atoms with Crippen LogP contribution in [0.5, 0.6) is 5.75 Å². The molecule has 0 saturated carbocycles. The lowest BCUT2D eigenvalue weighted by atomic mass is 10.1. The van der Waals surface area contributed by atoms with E-state index in [1.54, 1.807) is 19.2 Å². The van der Waals surface area contributed by atoms with Crippen LogP contribution in [-0.2, 0) is 14.2 Å². The van der Waals surface area contributed by atoms with Crippen LogP contribution in [0.25, 0.3) is 0 Å². The number of aryl methyl sites for hydroxylation is 1. The summed E-state index contributed by atoms with van der Waals surface area (Å²) in [7, 11) is 1.62. The highest BCUT2D eigenvalue weighted by Gasteiger charge is 2.10. The van der Waals surface area contributed by atoms with E-state index in [9.17, 15) is 4.79 Å². The van der Waals surface area contributed by atoms with Crippen LogP contribution in [0, 0.1) is 6.92 Å². The van der Waals surface area contributed by atoms with Gasteiger partial charge in [0.15, 0.2) is 0 Å². The number of rotatable bonds is 11. The smallest absolute Gasteiger partial charge is 0.339 e. The molecule has 0 heterocycles. The molecule has 0 amide bonds. The molecule has 1 aromatic rings. The maximum Gasteiger partial charge on any atom is 0.339 e. The molecule has 0 aliphatic heterocycles. The van der Waals surface area contributed by atoms with E-state index in [4.69, 9.17) is 24.1 Å². The van der Waals surface area contributed by atoms with Crippen molar-refractivity contribution in [3.8, 4) is 5.75 Å². The summed E-state index contributed by atoms with van der Waals surface area (Å²) in [6, 6.07) is 4.99. The van der Waals surface area contributed by atoms with Crippen LogP contribution < -0.4 is 4.74 Å². The van der Waals surface area contributed by atoms with Gasteiger partial charge in [-0.2, -0.15) is 0 Å². The van der Waals surface area contributed by atoms with Crippen molar-refractivity contribution in [2.24, 2.45) is 0 Å². The number of hydrogen-bond donors (Lipinski definition) is 1. The van der Waals surface area contributed by atoms with Gasteiger partial charge in [-0.15, -0.1) is 0 Å². The van der Waals surface area contributed by atoms with Gasteiger partial charge in [0.25, 0.3) is 0 Å². The third-order valence-corrected chi connectivity index (χ3v) is 2.66. The minimum atomic E-state index is -1.00. The van der Waals surface area contributed by atoms with Crippen LogP contribution in [0.4, 0.5) is 0 Å². The van der Waals surface area contributed by atoms with Crippen LogP contribution >= 0.6 is 0 Å². The maximum atomic E-state index is 11.1. The van der Waals surface area contributed by atoms with Crippen molar-refractivity contribution in [2.75, 3.05) is 46.8 Å². The quantitative estimate of drug-likeness (QED) is 0.627. The molecule has 6 heteroatoms. The zero-order valence-corrected chi connectivity index (χ0v) is 12.5. The third-order valence-electron chi connectivity index (χ3n) is 2.66. The summed E-state index contributed by atoms with van der Waals surface area (Å²) in [5.41, 5.74) is 1.10. The number of hydrogen-bond acceptors (Lipinski definition) is 5. The molecule has 0 spiro atoms. The lowest BCUT2D eigenvalue weighted by Gasteiger charge is -2.10. The summed E-state index contributed by atoms with van der Waals surface area (Å²) in [6.45, 7) is 4.62. The Balaban J connectivity index is 2.21. The summed E-state index contributed by atoms with van der Waals surface area (Å²) in [6.07, 6.45) is 0. The molecule has 0 atom stereocenters. The van der Waals surface area contributed by atoms with E-state index in [2.05, 4.69) is 0 Å². The van der Waals surface area contributed by atoms with Gasteiger partial charge in [0.05, 0.1) is 33.0 Å². The van der Waals surface area contributed by atoms with E-state index in [1.165, 1.54) is 6.07 Å². The first-order chi connectivity index (χ1) is 10.1. The predicted molar refractivity (Wildman–Crippen MR) is 77.1 cm³/mol. The van der Waals surface area contributed by atoms with Gasteiger partial charge in [-0.25, -0.2) is 4.79 Å². The van der Waals surface area contributed by atoms with E-state index in [0.29, 0.717) is 45.4 Å². The molecule has 21 heavy (non-hydrogen) atoms. The Morgan fingerprint density at radius 1 is 1.05 bits per heavy atom. The average molecular weight is 298 g/mol. The first-order valence-corrected chi connectivity index (χ1v) is 6.76. The minimum absolute atomic E-state index is 0.156. The number of carboxylic acids is 1. The van der Waals surface area contributed by atoms with Crippen LogP contribution in [0.3, 0.4) is 0 Å². The fraction of sp³-hybridized carbons (Fsp3) is 0.533. The van der Waals surface area contributed by atoms with Crippen LogP contribution in [0.2, 0.25) is 0 Å². The second-order valence-corrected chi connectivity index (χ2v) is 4.37. The van der Waals surface area contributed by atoms with E-state index < -0.39 is 5.97 Å². The lowest BCUT2D eigenvalue weighted by molar-refractivity contribution is 0.0178. The summed E-state index contributed by atoms with van der Waals surface area (Å²) in [4.78, 5) is 11.1. The van der Waals surface area contributed by atoms with Crippen molar-refractivity contribution >= 4 is 5.97 Å². The molecule has 1 N–H and O–H groups in total. The fourth-order valence-corrected chi connectivity index (χ4v) is 1.60. The summed E-state index contributed by atoms with van der Waals surface area (Å²) < 4.78 is 20.9. The van der Waals surface area contributed by atoms with Crippen molar-refractivity contribution in [2.45, 2.75) is 6.92 Å². The van der Waals surface area contributed by atoms with Crippen molar-refractivity contribution in [3.05, 3.63) is 29.3 Å². The van der Waals surface area contributed by atoms with Gasteiger partial charge in [0.1, 0.15) is 17.9 Å². The molecule has 1 aromatic carbocycles. The third kappa shape index (κ3) is 7.08. The van der Waals surface area contributed by atoms with Crippen LogP contribution in [-0.4, -0.2) is 57.8 Å². The largest absolute Gasteiger partial charge is 0.490 e. The van der Waals surface area contributed by atoms with Crippen LogP contribution in [0.1, 0.15) is 15.9 Å². The normalized spacial score (nSPS) is 10.6. The molecule has 118 valence electrons. The fourth-order valence-electron chi connectivity index (χ4n) is 1.60. The van der Waals surface area contributed by atoms with Crippen molar-refractivity contribution < 1.29 is 28.8 Å². The van der Waals surface area contributed by atoms with E-state index >= 15 is 0 Å². The first kappa shape index (κ1) is 17.4. The summed E-state index contributed by atoms with van der Waals surface area (Å²) in [5.74, 6) is -0.639. The maximum absolute atomic E-state index is 11.1. The summed E-state index contributed by atoms with van der Waals surface area (Å²) in [5, 5.41) is 9.06. The van der Waals surface area contributed by atoms with Gasteiger partial charge in [-0.05, 0) is 24.6 Å². The Morgan fingerprint density at radius 3 is 2.29 bits per heavy atom. The Labute approximate surface area is 124 Å².